The molecule has 158 valence electrons. The number of ether oxygens (including phenoxy) is 2. The summed E-state index contributed by atoms with van der Waals surface area (Å²) < 4.78 is 11.7. The Morgan fingerprint density at radius 1 is 1.10 bits per heavy atom. The largest absolute Gasteiger partial charge is 0.489 e. The lowest BCUT2D eigenvalue weighted by Gasteiger charge is -2.73. The summed E-state index contributed by atoms with van der Waals surface area (Å²) in [7, 11) is 0. The van der Waals surface area contributed by atoms with Crippen molar-refractivity contribution in [2.45, 2.75) is 49.8 Å². The summed E-state index contributed by atoms with van der Waals surface area (Å²) in [6.45, 7) is 4.16. The smallest absolute Gasteiger partial charge is 0.258 e. The Balaban J connectivity index is 1.06. The van der Waals surface area contributed by atoms with Crippen molar-refractivity contribution in [1.82, 2.24) is 10.2 Å². The minimum absolute atomic E-state index is 0.0314. The van der Waals surface area contributed by atoms with Gasteiger partial charge in [0.15, 0.2) is 6.61 Å². The molecule has 1 aliphatic heterocycles. The minimum atomic E-state index is -0.0553. The number of amides is 1. The molecular weight excluding hydrogens is 400 g/mol. The number of carbonyl (C=O) groups excluding carboxylic acids is 1. The average molecular weight is 427 g/mol. The van der Waals surface area contributed by atoms with Crippen LogP contribution >= 0.6 is 11.6 Å². The van der Waals surface area contributed by atoms with Crippen molar-refractivity contribution in [2.75, 3.05) is 19.7 Å². The lowest BCUT2D eigenvalue weighted by Crippen LogP contribution is -2.83. The van der Waals surface area contributed by atoms with Crippen LogP contribution in [0.4, 0.5) is 0 Å². The van der Waals surface area contributed by atoms with E-state index in [2.05, 4.69) is 41.4 Å². The molecule has 1 N–H and O–H groups in total. The van der Waals surface area contributed by atoms with E-state index in [-0.39, 0.29) is 29.7 Å². The Morgan fingerprint density at radius 2 is 1.77 bits per heavy atom. The molecule has 6 rings (SSSR count). The van der Waals surface area contributed by atoms with E-state index in [4.69, 9.17) is 21.1 Å². The van der Waals surface area contributed by atoms with Crippen LogP contribution in [0.15, 0.2) is 48.5 Å². The van der Waals surface area contributed by atoms with Crippen molar-refractivity contribution < 1.29 is 14.3 Å². The maximum absolute atomic E-state index is 12.3. The number of likely N-dealkylation sites (tertiary alicyclic amines) is 1. The maximum atomic E-state index is 12.3. The first-order valence-corrected chi connectivity index (χ1v) is 11.0. The standard InChI is InChI=1S/C24H27ClN2O3/c1-17-2-6-20(7-3-17)30-21-10-11-27(12-21)24-14-23(15-24,16-24)26-22(28)13-29-19-8-4-18(25)5-9-19/h2-9,21H,10-16H2,1H3,(H,26,28). The molecule has 6 heteroatoms. The molecule has 4 aliphatic rings. The molecule has 0 radical (unpaired) electrons. The first-order chi connectivity index (χ1) is 14.4. The lowest BCUT2D eigenvalue weighted by atomic mass is 9.43. The molecule has 3 aliphatic carbocycles. The third-order valence-corrected chi connectivity index (χ3v) is 6.98. The molecule has 2 aromatic carbocycles. The Kier molecular flexibility index (Phi) is 4.91. The Hall–Kier alpha value is -2.24. The highest BCUT2D eigenvalue weighted by atomic mass is 35.5. The number of hydrogen-bond acceptors (Lipinski definition) is 4. The number of halogens is 1. The first-order valence-electron chi connectivity index (χ1n) is 10.6. The van der Waals surface area contributed by atoms with Crippen molar-refractivity contribution in [3.63, 3.8) is 0 Å². The Labute approximate surface area is 182 Å². The fourth-order valence-corrected chi connectivity index (χ4v) is 5.40. The zero-order valence-corrected chi connectivity index (χ0v) is 18.0. The van der Waals surface area contributed by atoms with Crippen molar-refractivity contribution >= 4 is 17.5 Å². The van der Waals surface area contributed by atoms with E-state index in [1.165, 1.54) is 5.56 Å². The van der Waals surface area contributed by atoms with Gasteiger partial charge in [-0.2, -0.15) is 0 Å². The summed E-state index contributed by atoms with van der Waals surface area (Å²) in [5.41, 5.74) is 1.47. The monoisotopic (exact) mass is 426 g/mol. The van der Waals surface area contributed by atoms with Crippen LogP contribution in [0, 0.1) is 6.92 Å². The minimum Gasteiger partial charge on any atom is -0.489 e. The molecule has 2 bridgehead atoms. The lowest BCUT2D eigenvalue weighted by molar-refractivity contribution is -0.179. The normalized spacial score (nSPS) is 29.6. The van der Waals surface area contributed by atoms with E-state index in [1.54, 1.807) is 24.3 Å². The molecule has 1 atom stereocenters. The molecule has 0 aromatic heterocycles. The maximum Gasteiger partial charge on any atom is 0.258 e. The third kappa shape index (κ3) is 3.77. The van der Waals surface area contributed by atoms with E-state index in [0.717, 1.165) is 44.5 Å². The molecule has 1 saturated heterocycles. The van der Waals surface area contributed by atoms with Crippen molar-refractivity contribution in [3.05, 3.63) is 59.1 Å². The highest BCUT2D eigenvalue weighted by molar-refractivity contribution is 6.30. The third-order valence-electron chi connectivity index (χ3n) is 6.73. The highest BCUT2D eigenvalue weighted by Gasteiger charge is 2.71. The van der Waals surface area contributed by atoms with Gasteiger partial charge in [-0.15, -0.1) is 0 Å². The summed E-state index contributed by atoms with van der Waals surface area (Å²) in [4.78, 5) is 14.9. The first kappa shape index (κ1) is 19.7. The molecule has 1 unspecified atom stereocenters. The van der Waals surface area contributed by atoms with Crippen molar-refractivity contribution in [3.8, 4) is 11.5 Å². The SMILES string of the molecule is Cc1ccc(OC2CCN(C34CC(NC(=O)COc5ccc(Cl)cc5)(C3)C4)C2)cc1. The van der Waals surface area contributed by atoms with Gasteiger partial charge in [0, 0.05) is 29.2 Å². The number of benzene rings is 2. The summed E-state index contributed by atoms with van der Waals surface area (Å²) in [5.74, 6) is 1.55. The van der Waals surface area contributed by atoms with Gasteiger partial charge in [-0.25, -0.2) is 0 Å². The summed E-state index contributed by atoms with van der Waals surface area (Å²) >= 11 is 5.87. The molecule has 5 nitrogen and oxygen atoms in total. The number of nitrogens with one attached hydrogen (secondary N) is 1. The van der Waals surface area contributed by atoms with Crippen LogP contribution in [0.5, 0.6) is 11.5 Å². The van der Waals surface area contributed by atoms with Crippen molar-refractivity contribution in [2.24, 2.45) is 0 Å². The number of aryl methyl sites for hydroxylation is 1. The topological polar surface area (TPSA) is 50.8 Å². The van der Waals surface area contributed by atoms with Crippen LogP contribution < -0.4 is 14.8 Å². The quantitative estimate of drug-likeness (QED) is 0.727. The molecule has 30 heavy (non-hydrogen) atoms. The van der Waals surface area contributed by atoms with Gasteiger partial charge in [0.25, 0.3) is 5.91 Å². The number of carbonyl (C=O) groups is 1. The van der Waals surface area contributed by atoms with Crippen LogP contribution in [-0.2, 0) is 4.79 Å². The molecule has 3 saturated carbocycles. The van der Waals surface area contributed by atoms with Gasteiger partial charge in [0.05, 0.1) is 0 Å². The highest BCUT2D eigenvalue weighted by Crippen LogP contribution is 2.64. The number of rotatable bonds is 7. The molecular formula is C24H27ClN2O3. The van der Waals surface area contributed by atoms with Gasteiger partial charge in [-0.05, 0) is 69.0 Å². The van der Waals surface area contributed by atoms with Gasteiger partial charge in [0.2, 0.25) is 0 Å². The van der Waals surface area contributed by atoms with Crippen LogP contribution in [0.2, 0.25) is 5.02 Å². The van der Waals surface area contributed by atoms with E-state index in [0.29, 0.717) is 10.8 Å². The van der Waals surface area contributed by atoms with Crippen LogP contribution in [0.1, 0.15) is 31.2 Å². The number of nitrogens with zero attached hydrogens (tertiary/aromatic N) is 1. The van der Waals surface area contributed by atoms with E-state index in [1.807, 2.05) is 0 Å². The van der Waals surface area contributed by atoms with E-state index < -0.39 is 0 Å². The van der Waals surface area contributed by atoms with Gasteiger partial charge < -0.3 is 14.8 Å². The Morgan fingerprint density at radius 3 is 2.47 bits per heavy atom. The van der Waals surface area contributed by atoms with Crippen LogP contribution in [0.3, 0.4) is 0 Å². The van der Waals surface area contributed by atoms with Gasteiger partial charge >= 0.3 is 0 Å². The zero-order chi connectivity index (χ0) is 20.8. The average Bonchev–Trinajstić information content (AvgIpc) is 3.13. The van der Waals surface area contributed by atoms with Crippen LogP contribution in [0.25, 0.3) is 0 Å². The predicted octanol–water partition coefficient (Wildman–Crippen LogP) is 3.97. The second-order valence-corrected chi connectivity index (χ2v) is 9.55. The number of hydrogen-bond donors (Lipinski definition) is 1. The zero-order valence-electron chi connectivity index (χ0n) is 17.2. The van der Waals surface area contributed by atoms with Gasteiger partial charge in [-0.1, -0.05) is 29.3 Å². The molecule has 1 heterocycles. The van der Waals surface area contributed by atoms with E-state index in [9.17, 15) is 4.79 Å². The van der Waals surface area contributed by atoms with Gasteiger partial charge in [-0.3, -0.25) is 9.69 Å². The fraction of sp³-hybridized carbons (Fsp3) is 0.458. The fourth-order valence-electron chi connectivity index (χ4n) is 5.28. The predicted molar refractivity (Wildman–Crippen MR) is 116 cm³/mol. The van der Waals surface area contributed by atoms with E-state index >= 15 is 0 Å². The summed E-state index contributed by atoms with van der Waals surface area (Å²) in [6, 6.07) is 15.3. The van der Waals surface area contributed by atoms with Crippen molar-refractivity contribution in [1.29, 1.82) is 0 Å². The molecule has 4 fully saturated rings. The van der Waals surface area contributed by atoms with Crippen LogP contribution in [-0.4, -0.2) is 47.7 Å². The second-order valence-electron chi connectivity index (χ2n) is 9.11. The summed E-state index contributed by atoms with van der Waals surface area (Å²) in [5, 5.41) is 3.85. The Bertz CT molecular complexity index is 909. The molecule has 1 amide bonds. The second kappa shape index (κ2) is 7.47. The summed E-state index contributed by atoms with van der Waals surface area (Å²) in [6.07, 6.45) is 4.40. The molecule has 2 aromatic rings. The molecule has 0 spiro atoms. The van der Waals surface area contributed by atoms with Gasteiger partial charge in [0.1, 0.15) is 17.6 Å².